The Morgan fingerprint density at radius 3 is 2.52 bits per heavy atom. The summed E-state index contributed by atoms with van der Waals surface area (Å²) in [6, 6.07) is 6.65. The van der Waals surface area contributed by atoms with Crippen LogP contribution in [-0.2, 0) is 14.9 Å². The van der Waals surface area contributed by atoms with Crippen LogP contribution < -0.4 is 0 Å². The van der Waals surface area contributed by atoms with E-state index in [1.807, 2.05) is 0 Å². The first kappa shape index (κ1) is 21.0. The number of nitrogens with zero attached hydrogens (tertiary/aromatic N) is 2. The highest BCUT2D eigenvalue weighted by Crippen LogP contribution is 2.44. The van der Waals surface area contributed by atoms with Gasteiger partial charge in [-0.15, -0.1) is 0 Å². The molecule has 0 saturated heterocycles. The van der Waals surface area contributed by atoms with Crippen molar-refractivity contribution in [3.05, 3.63) is 52.2 Å². The number of carbonyl (C=O) groups excluding carboxylic acids is 2. The Morgan fingerprint density at radius 1 is 1.24 bits per heavy atom. The molecule has 0 spiro atoms. The number of ketones is 1. The number of non-ortho nitro benzene ring substituents is 1. The second-order valence-electron chi connectivity index (χ2n) is 8.70. The third kappa shape index (κ3) is 4.66. The molecule has 0 N–H and O–H groups in total. The maximum Gasteiger partial charge on any atom is 0.414 e. The zero-order valence-corrected chi connectivity index (χ0v) is 17.2. The number of ether oxygens (including phenoxy) is 1. The molecule has 1 fully saturated rings. The lowest BCUT2D eigenvalue weighted by Gasteiger charge is -2.44. The van der Waals surface area contributed by atoms with Crippen LogP contribution >= 0.6 is 0 Å². The van der Waals surface area contributed by atoms with E-state index in [1.165, 1.54) is 29.3 Å². The smallest absolute Gasteiger partial charge is 0.414 e. The van der Waals surface area contributed by atoms with Gasteiger partial charge in [-0.05, 0) is 35.8 Å². The van der Waals surface area contributed by atoms with Crippen molar-refractivity contribution in [2.24, 2.45) is 11.8 Å². The van der Waals surface area contributed by atoms with Gasteiger partial charge in [0.15, 0.2) is 5.78 Å². The Labute approximate surface area is 170 Å². The second kappa shape index (κ2) is 8.35. The molecule has 156 valence electrons. The maximum atomic E-state index is 12.7. The third-order valence-corrected chi connectivity index (χ3v) is 6.33. The summed E-state index contributed by atoms with van der Waals surface area (Å²) < 4.78 is 5.94. The van der Waals surface area contributed by atoms with Crippen LogP contribution in [-0.4, -0.2) is 34.3 Å². The maximum absolute atomic E-state index is 12.7. The van der Waals surface area contributed by atoms with E-state index in [1.54, 1.807) is 12.1 Å². The monoisotopic (exact) mass is 400 g/mol. The molecule has 3 rings (SSSR count). The van der Waals surface area contributed by atoms with Crippen molar-refractivity contribution in [2.45, 2.75) is 58.0 Å². The van der Waals surface area contributed by atoms with Gasteiger partial charge in [-0.3, -0.25) is 19.8 Å². The predicted octanol–water partition coefficient (Wildman–Crippen LogP) is 4.60. The van der Waals surface area contributed by atoms with Crippen LogP contribution in [0.2, 0.25) is 0 Å². The largest absolute Gasteiger partial charge is 0.446 e. The van der Waals surface area contributed by atoms with Crippen molar-refractivity contribution in [3.63, 3.8) is 0 Å². The molecule has 1 saturated carbocycles. The number of carbonyl (C=O) groups is 2. The van der Waals surface area contributed by atoms with E-state index >= 15 is 0 Å². The Hall–Kier alpha value is -2.70. The quantitative estimate of drug-likeness (QED) is 0.544. The first-order valence-electron chi connectivity index (χ1n) is 10.1. The molecule has 1 aliphatic heterocycles. The van der Waals surface area contributed by atoms with Crippen LogP contribution in [0, 0.1) is 22.0 Å². The Bertz CT molecular complexity index is 815. The standard InChI is InChI=1S/C22H28N2O5/c1-15-4-9-19(22(2,3)16-5-7-17(8-6-16)24(27)28)20(14-15)29-21(26)23-12-10-18(25)11-13-23/h5-8,10,12,15,19-20H,4,9,11,13-14H2,1-3H3/t15-,19-,20-/m1/s1. The number of allylic oxidation sites excluding steroid dienone is 1. The van der Waals surface area contributed by atoms with Crippen LogP contribution in [0.25, 0.3) is 0 Å². The first-order valence-corrected chi connectivity index (χ1v) is 10.1. The van der Waals surface area contributed by atoms with Gasteiger partial charge in [0.1, 0.15) is 6.10 Å². The lowest BCUT2D eigenvalue weighted by Crippen LogP contribution is -2.45. The van der Waals surface area contributed by atoms with Gasteiger partial charge in [-0.1, -0.05) is 39.3 Å². The van der Waals surface area contributed by atoms with Crippen molar-refractivity contribution in [3.8, 4) is 0 Å². The van der Waals surface area contributed by atoms with Crippen molar-refractivity contribution >= 4 is 17.6 Å². The Balaban J connectivity index is 1.79. The highest BCUT2D eigenvalue weighted by molar-refractivity contribution is 5.91. The summed E-state index contributed by atoms with van der Waals surface area (Å²) in [6.07, 6.45) is 5.29. The average molecular weight is 400 g/mol. The molecule has 0 bridgehead atoms. The number of hydrogen-bond acceptors (Lipinski definition) is 5. The van der Waals surface area contributed by atoms with Crippen molar-refractivity contribution < 1.29 is 19.2 Å². The Morgan fingerprint density at radius 2 is 1.93 bits per heavy atom. The third-order valence-electron chi connectivity index (χ3n) is 6.33. The van der Waals surface area contributed by atoms with Crippen molar-refractivity contribution in [2.75, 3.05) is 6.54 Å². The van der Waals surface area contributed by atoms with E-state index in [9.17, 15) is 19.7 Å². The van der Waals surface area contributed by atoms with Gasteiger partial charge in [0.05, 0.1) is 4.92 Å². The highest BCUT2D eigenvalue weighted by Gasteiger charge is 2.42. The molecular weight excluding hydrogens is 372 g/mol. The van der Waals surface area contributed by atoms with E-state index in [-0.39, 0.29) is 28.9 Å². The summed E-state index contributed by atoms with van der Waals surface area (Å²) in [5.41, 5.74) is 0.747. The fraction of sp³-hybridized carbons (Fsp3) is 0.545. The van der Waals surface area contributed by atoms with Crippen molar-refractivity contribution in [1.29, 1.82) is 0 Å². The molecular formula is C22H28N2O5. The number of rotatable bonds is 4. The lowest BCUT2D eigenvalue weighted by molar-refractivity contribution is -0.384. The van der Waals surface area contributed by atoms with E-state index < -0.39 is 11.0 Å². The molecule has 1 aromatic carbocycles. The molecule has 29 heavy (non-hydrogen) atoms. The molecule has 1 aliphatic carbocycles. The molecule has 7 nitrogen and oxygen atoms in total. The minimum atomic E-state index is -0.419. The second-order valence-corrected chi connectivity index (χ2v) is 8.70. The van der Waals surface area contributed by atoms with E-state index in [0.717, 1.165) is 24.8 Å². The summed E-state index contributed by atoms with van der Waals surface area (Å²) in [5, 5.41) is 11.0. The number of amides is 1. The van der Waals surface area contributed by atoms with E-state index in [0.29, 0.717) is 18.9 Å². The minimum absolute atomic E-state index is 0.0116. The molecule has 1 amide bonds. The molecule has 7 heteroatoms. The van der Waals surface area contributed by atoms with Crippen LogP contribution in [0.15, 0.2) is 36.5 Å². The van der Waals surface area contributed by atoms with Crippen LogP contribution in [0.3, 0.4) is 0 Å². The zero-order valence-electron chi connectivity index (χ0n) is 17.2. The molecule has 1 heterocycles. The Kier molecular flexibility index (Phi) is 6.05. The first-order chi connectivity index (χ1) is 13.7. The van der Waals surface area contributed by atoms with Gasteiger partial charge in [0, 0.05) is 37.2 Å². The normalized spacial score (nSPS) is 25.0. The molecule has 2 aliphatic rings. The molecule has 0 radical (unpaired) electrons. The van der Waals surface area contributed by atoms with Gasteiger partial charge in [-0.25, -0.2) is 4.79 Å². The summed E-state index contributed by atoms with van der Waals surface area (Å²) in [7, 11) is 0. The predicted molar refractivity (Wildman–Crippen MR) is 108 cm³/mol. The molecule has 1 aromatic rings. The van der Waals surface area contributed by atoms with Crippen LogP contribution in [0.4, 0.5) is 10.5 Å². The van der Waals surface area contributed by atoms with Gasteiger partial charge in [0.2, 0.25) is 0 Å². The summed E-state index contributed by atoms with van der Waals surface area (Å²) in [4.78, 5) is 36.1. The fourth-order valence-electron chi connectivity index (χ4n) is 4.42. The van der Waals surface area contributed by atoms with Gasteiger partial charge >= 0.3 is 6.09 Å². The van der Waals surface area contributed by atoms with Crippen LogP contribution in [0.1, 0.15) is 52.0 Å². The van der Waals surface area contributed by atoms with Crippen molar-refractivity contribution in [1.82, 2.24) is 4.90 Å². The van der Waals surface area contributed by atoms with Gasteiger partial charge in [-0.2, -0.15) is 0 Å². The van der Waals surface area contributed by atoms with Gasteiger partial charge < -0.3 is 4.74 Å². The number of nitro groups is 1. The topological polar surface area (TPSA) is 89.8 Å². The van der Waals surface area contributed by atoms with Gasteiger partial charge in [0.25, 0.3) is 5.69 Å². The number of nitro benzene ring substituents is 1. The molecule has 3 atom stereocenters. The molecule has 0 unspecified atom stereocenters. The summed E-state index contributed by atoms with van der Waals surface area (Å²) in [5.74, 6) is 0.562. The fourth-order valence-corrected chi connectivity index (χ4v) is 4.42. The highest BCUT2D eigenvalue weighted by atomic mass is 16.6. The lowest BCUT2D eigenvalue weighted by atomic mass is 9.64. The SMILES string of the molecule is C[C@@H]1CC[C@@H](C(C)(C)c2ccc([N+](=O)[O-])cc2)[C@H](OC(=O)N2C=CC(=O)CC2)C1. The number of benzene rings is 1. The van der Waals surface area contributed by atoms with Crippen LogP contribution in [0.5, 0.6) is 0 Å². The number of hydrogen-bond donors (Lipinski definition) is 0. The molecule has 0 aromatic heterocycles. The summed E-state index contributed by atoms with van der Waals surface area (Å²) in [6.45, 7) is 6.71. The zero-order chi connectivity index (χ0) is 21.2. The minimum Gasteiger partial charge on any atom is -0.446 e. The average Bonchev–Trinajstić information content (AvgIpc) is 2.68. The van der Waals surface area contributed by atoms with E-state index in [2.05, 4.69) is 20.8 Å². The van der Waals surface area contributed by atoms with E-state index in [4.69, 9.17) is 4.74 Å². The summed E-state index contributed by atoms with van der Waals surface area (Å²) >= 11 is 0.